The van der Waals surface area contributed by atoms with Crippen molar-refractivity contribution in [3.63, 3.8) is 0 Å². The van der Waals surface area contributed by atoms with E-state index in [2.05, 4.69) is 11.7 Å². The summed E-state index contributed by atoms with van der Waals surface area (Å²) in [6.07, 6.45) is 10.0. The summed E-state index contributed by atoms with van der Waals surface area (Å²) in [6, 6.07) is -1.56. The Hall–Kier alpha value is -0.990. The van der Waals surface area contributed by atoms with Crippen LogP contribution in [0.25, 0.3) is 0 Å². The lowest BCUT2D eigenvalue weighted by molar-refractivity contribution is -0.160. The first-order valence-electron chi connectivity index (χ1n) is 8.21. The Morgan fingerprint density at radius 1 is 1.00 bits per heavy atom. The number of carbonyl (C=O) groups excluding carboxylic acids is 2. The van der Waals surface area contributed by atoms with Gasteiger partial charge in [0, 0.05) is 6.42 Å². The Labute approximate surface area is 138 Å². The minimum absolute atomic E-state index is 0.0974. The van der Waals surface area contributed by atoms with E-state index in [0.717, 1.165) is 19.3 Å². The zero-order chi connectivity index (χ0) is 17.7. The molecule has 0 rings (SSSR count). The molecule has 0 aromatic carbocycles. The molecule has 0 aromatic heterocycles. The lowest BCUT2D eigenvalue weighted by atomic mass is 10.1. The summed E-state index contributed by atoms with van der Waals surface area (Å²) in [5.41, 5.74) is 5.23. The third kappa shape index (κ3) is 14.3. The molecule has 0 amide bonds. The van der Waals surface area contributed by atoms with Gasteiger partial charge in [-0.2, -0.15) is 8.42 Å². The van der Waals surface area contributed by atoms with Gasteiger partial charge in [0.25, 0.3) is 10.1 Å². The van der Waals surface area contributed by atoms with E-state index < -0.39 is 33.9 Å². The molecule has 0 aliphatic carbocycles. The highest BCUT2D eigenvalue weighted by Gasteiger charge is 2.23. The van der Waals surface area contributed by atoms with Crippen molar-refractivity contribution < 1.29 is 27.3 Å². The lowest BCUT2D eigenvalue weighted by Crippen LogP contribution is -2.39. The van der Waals surface area contributed by atoms with Crippen LogP contribution in [-0.4, -0.2) is 36.7 Å². The summed E-state index contributed by atoms with van der Waals surface area (Å²) in [5, 5.41) is 0. The predicted octanol–water partition coefficient (Wildman–Crippen LogP) is 2.19. The second-order valence-electron chi connectivity index (χ2n) is 5.73. The highest BCUT2D eigenvalue weighted by molar-refractivity contribution is 7.85. The molecule has 3 N–H and O–H groups in total. The Morgan fingerprint density at radius 2 is 1.48 bits per heavy atom. The van der Waals surface area contributed by atoms with Crippen molar-refractivity contribution >= 4 is 22.1 Å². The molecule has 0 bridgehead atoms. The molecular formula is C15H29NO6S. The topological polar surface area (TPSA) is 124 Å². The maximum atomic E-state index is 11.4. The number of unbranched alkanes of at least 4 members (excludes halogenated alkanes) is 8. The number of rotatable bonds is 13. The molecule has 136 valence electrons. The van der Waals surface area contributed by atoms with Gasteiger partial charge in [0.05, 0.1) is 0 Å². The number of ether oxygens (including phenoxy) is 1. The van der Waals surface area contributed by atoms with Crippen molar-refractivity contribution in [1.29, 1.82) is 0 Å². The molecule has 0 radical (unpaired) electrons. The summed E-state index contributed by atoms with van der Waals surface area (Å²) in [4.78, 5) is 22.8. The standard InChI is InChI=1S/C15H29NO6S/c1-2-3-4-5-6-7-8-9-10-11-14(17)22-15(18)13(16)12-23(19,20)21/h13H,2-12,16H2,1H3,(H,19,20,21)/t13-/m1/s1. The number of nitrogens with two attached hydrogens (primary N) is 1. The van der Waals surface area contributed by atoms with Gasteiger partial charge in [0.15, 0.2) is 0 Å². The fourth-order valence-corrected chi connectivity index (χ4v) is 2.70. The van der Waals surface area contributed by atoms with E-state index >= 15 is 0 Å². The number of esters is 2. The molecule has 1 atom stereocenters. The van der Waals surface area contributed by atoms with Crippen LogP contribution in [0.3, 0.4) is 0 Å². The average Bonchev–Trinajstić information content (AvgIpc) is 2.43. The molecule has 8 heteroatoms. The molecule has 0 aliphatic heterocycles. The van der Waals surface area contributed by atoms with Crippen LogP contribution in [0.15, 0.2) is 0 Å². The van der Waals surface area contributed by atoms with Crippen LogP contribution in [0, 0.1) is 0 Å². The van der Waals surface area contributed by atoms with Gasteiger partial charge >= 0.3 is 11.9 Å². The van der Waals surface area contributed by atoms with E-state index in [1.54, 1.807) is 0 Å². The van der Waals surface area contributed by atoms with Gasteiger partial charge in [0.2, 0.25) is 0 Å². The smallest absolute Gasteiger partial charge is 0.331 e. The summed E-state index contributed by atoms with van der Waals surface area (Å²) in [5.74, 6) is -2.82. The monoisotopic (exact) mass is 351 g/mol. The van der Waals surface area contributed by atoms with Crippen molar-refractivity contribution in [2.75, 3.05) is 5.75 Å². The summed E-state index contributed by atoms with van der Waals surface area (Å²) in [7, 11) is -4.38. The molecular weight excluding hydrogens is 322 g/mol. The van der Waals surface area contributed by atoms with Gasteiger partial charge in [0.1, 0.15) is 11.8 Å². The summed E-state index contributed by atoms with van der Waals surface area (Å²) < 4.78 is 34.2. The molecule has 7 nitrogen and oxygen atoms in total. The minimum Gasteiger partial charge on any atom is -0.392 e. The first-order chi connectivity index (χ1) is 10.8. The van der Waals surface area contributed by atoms with Crippen LogP contribution in [0.1, 0.15) is 71.1 Å². The fourth-order valence-electron chi connectivity index (χ4n) is 2.11. The Morgan fingerprint density at radius 3 is 1.96 bits per heavy atom. The minimum atomic E-state index is -4.38. The average molecular weight is 351 g/mol. The molecule has 23 heavy (non-hydrogen) atoms. The van der Waals surface area contributed by atoms with Gasteiger partial charge in [-0.05, 0) is 6.42 Å². The van der Waals surface area contributed by atoms with Gasteiger partial charge < -0.3 is 10.5 Å². The SMILES string of the molecule is CCCCCCCCCCCC(=O)OC(=O)[C@H](N)CS(=O)(=O)O. The Kier molecular flexibility index (Phi) is 11.9. The zero-order valence-electron chi connectivity index (χ0n) is 13.8. The Bertz CT molecular complexity index is 449. The highest BCUT2D eigenvalue weighted by Crippen LogP contribution is 2.10. The van der Waals surface area contributed by atoms with Gasteiger partial charge in [-0.15, -0.1) is 0 Å². The second-order valence-corrected chi connectivity index (χ2v) is 7.22. The van der Waals surface area contributed by atoms with Gasteiger partial charge in [-0.25, -0.2) is 4.79 Å². The van der Waals surface area contributed by atoms with Gasteiger partial charge in [-0.1, -0.05) is 58.3 Å². The van der Waals surface area contributed by atoms with Crippen molar-refractivity contribution in [1.82, 2.24) is 0 Å². The number of hydrogen-bond acceptors (Lipinski definition) is 6. The van der Waals surface area contributed by atoms with Crippen molar-refractivity contribution in [3.05, 3.63) is 0 Å². The van der Waals surface area contributed by atoms with E-state index in [1.165, 1.54) is 32.1 Å². The number of carbonyl (C=O) groups is 2. The molecule has 0 aliphatic rings. The van der Waals surface area contributed by atoms with Crippen LogP contribution < -0.4 is 5.73 Å². The van der Waals surface area contributed by atoms with Crippen molar-refractivity contribution in [3.8, 4) is 0 Å². The molecule has 0 saturated carbocycles. The summed E-state index contributed by atoms with van der Waals surface area (Å²) in [6.45, 7) is 2.18. The highest BCUT2D eigenvalue weighted by atomic mass is 32.2. The van der Waals surface area contributed by atoms with Crippen LogP contribution in [0.4, 0.5) is 0 Å². The first-order valence-corrected chi connectivity index (χ1v) is 9.82. The van der Waals surface area contributed by atoms with E-state index in [9.17, 15) is 18.0 Å². The second kappa shape index (κ2) is 12.4. The maximum Gasteiger partial charge on any atom is 0.331 e. The lowest BCUT2D eigenvalue weighted by Gasteiger charge is -2.08. The zero-order valence-corrected chi connectivity index (χ0v) is 14.6. The predicted molar refractivity (Wildman–Crippen MR) is 87.3 cm³/mol. The first kappa shape index (κ1) is 22.0. The Balaban J connectivity index is 3.65. The van der Waals surface area contributed by atoms with E-state index in [-0.39, 0.29) is 6.42 Å². The fraction of sp³-hybridized carbons (Fsp3) is 0.867. The number of hydrogen-bond donors (Lipinski definition) is 2. The molecule has 0 fully saturated rings. The largest absolute Gasteiger partial charge is 0.392 e. The maximum absolute atomic E-state index is 11.4. The third-order valence-electron chi connectivity index (χ3n) is 3.39. The molecule has 0 aromatic rings. The van der Waals surface area contributed by atoms with Crippen LogP contribution in [0.5, 0.6) is 0 Å². The van der Waals surface area contributed by atoms with Gasteiger partial charge in [-0.3, -0.25) is 9.35 Å². The molecule has 0 unspecified atom stereocenters. The van der Waals surface area contributed by atoms with E-state index in [0.29, 0.717) is 6.42 Å². The third-order valence-corrected chi connectivity index (χ3v) is 4.17. The summed E-state index contributed by atoms with van der Waals surface area (Å²) >= 11 is 0. The molecule has 0 saturated heterocycles. The van der Waals surface area contributed by atoms with E-state index in [4.69, 9.17) is 10.3 Å². The van der Waals surface area contributed by atoms with Crippen LogP contribution in [-0.2, 0) is 24.4 Å². The normalized spacial score (nSPS) is 12.8. The van der Waals surface area contributed by atoms with Crippen molar-refractivity contribution in [2.24, 2.45) is 5.73 Å². The van der Waals surface area contributed by atoms with Crippen LogP contribution >= 0.6 is 0 Å². The molecule has 0 spiro atoms. The van der Waals surface area contributed by atoms with Crippen LogP contribution in [0.2, 0.25) is 0 Å². The quantitative estimate of drug-likeness (QED) is 0.225. The van der Waals surface area contributed by atoms with E-state index in [1.807, 2.05) is 0 Å². The van der Waals surface area contributed by atoms with Crippen molar-refractivity contribution in [2.45, 2.75) is 77.2 Å². The molecule has 0 heterocycles.